The highest BCUT2D eigenvalue weighted by Crippen LogP contribution is 2.36. The van der Waals surface area contributed by atoms with Gasteiger partial charge in [0.05, 0.1) is 0 Å². The van der Waals surface area contributed by atoms with Crippen molar-refractivity contribution < 1.29 is 9.59 Å². The highest BCUT2D eigenvalue weighted by Gasteiger charge is 2.33. The molecule has 0 spiro atoms. The second kappa shape index (κ2) is 4.03. The number of carbonyl (C=O) groups excluding carboxylic acids is 2. The molecule has 0 saturated carbocycles. The monoisotopic (exact) mass is 315 g/mol. The van der Waals surface area contributed by atoms with Crippen LogP contribution in [0.4, 0.5) is 5.69 Å². The standard InChI is InChI=1S/C15H10BrNO2/c1-7-11(17)6-10(16)13-12(7)14(18)8-4-2-3-5-9(8)15(13)19/h2-6H,17H2,1H3. The van der Waals surface area contributed by atoms with Crippen LogP contribution in [0.5, 0.6) is 0 Å². The van der Waals surface area contributed by atoms with Crippen molar-refractivity contribution in [3.63, 3.8) is 0 Å². The van der Waals surface area contributed by atoms with E-state index in [1.54, 1.807) is 37.3 Å². The van der Waals surface area contributed by atoms with Crippen molar-refractivity contribution in [2.45, 2.75) is 6.92 Å². The van der Waals surface area contributed by atoms with E-state index in [9.17, 15) is 9.59 Å². The molecular formula is C15H10BrNO2. The first-order valence-corrected chi connectivity index (χ1v) is 6.58. The molecule has 2 aromatic rings. The van der Waals surface area contributed by atoms with Crippen LogP contribution in [-0.2, 0) is 0 Å². The van der Waals surface area contributed by atoms with Gasteiger partial charge < -0.3 is 5.73 Å². The molecule has 0 fully saturated rings. The summed E-state index contributed by atoms with van der Waals surface area (Å²) in [4.78, 5) is 25.1. The van der Waals surface area contributed by atoms with Crippen molar-refractivity contribution in [2.75, 3.05) is 5.73 Å². The quantitative estimate of drug-likeness (QED) is 0.648. The highest BCUT2D eigenvalue weighted by molar-refractivity contribution is 9.10. The molecule has 0 bridgehead atoms. The van der Waals surface area contributed by atoms with Crippen molar-refractivity contribution in [1.29, 1.82) is 0 Å². The van der Waals surface area contributed by atoms with E-state index in [1.165, 1.54) is 0 Å². The van der Waals surface area contributed by atoms with Crippen LogP contribution < -0.4 is 5.73 Å². The number of hydrogen-bond acceptors (Lipinski definition) is 3. The smallest absolute Gasteiger partial charge is 0.195 e. The van der Waals surface area contributed by atoms with Crippen LogP contribution in [0.2, 0.25) is 0 Å². The Hall–Kier alpha value is -1.94. The number of carbonyl (C=O) groups is 2. The molecule has 0 radical (unpaired) electrons. The molecule has 0 unspecified atom stereocenters. The van der Waals surface area contributed by atoms with Gasteiger partial charge in [-0.25, -0.2) is 0 Å². The van der Waals surface area contributed by atoms with E-state index >= 15 is 0 Å². The Bertz CT molecular complexity index is 750. The zero-order valence-corrected chi connectivity index (χ0v) is 11.7. The molecule has 3 nitrogen and oxygen atoms in total. The summed E-state index contributed by atoms with van der Waals surface area (Å²) >= 11 is 3.33. The van der Waals surface area contributed by atoms with Gasteiger partial charge in [0, 0.05) is 32.4 Å². The number of hydrogen-bond donors (Lipinski definition) is 1. The largest absolute Gasteiger partial charge is 0.398 e. The summed E-state index contributed by atoms with van der Waals surface area (Å²) < 4.78 is 0.568. The first kappa shape index (κ1) is 12.1. The number of benzene rings is 2. The maximum Gasteiger partial charge on any atom is 0.195 e. The fraction of sp³-hybridized carbons (Fsp3) is 0.0667. The second-order valence-electron chi connectivity index (χ2n) is 4.53. The summed E-state index contributed by atoms with van der Waals surface area (Å²) in [5, 5.41) is 0. The molecule has 4 heteroatoms. The molecule has 0 aliphatic heterocycles. The van der Waals surface area contributed by atoms with Gasteiger partial charge in [-0.05, 0) is 34.5 Å². The molecule has 1 aliphatic rings. The summed E-state index contributed by atoms with van der Waals surface area (Å²) in [7, 11) is 0. The molecule has 2 aromatic carbocycles. The number of nitrogens with two attached hydrogens (primary N) is 1. The minimum absolute atomic E-state index is 0.139. The van der Waals surface area contributed by atoms with Crippen LogP contribution in [0.25, 0.3) is 0 Å². The summed E-state index contributed by atoms with van der Waals surface area (Å²) in [5.74, 6) is -0.282. The molecule has 0 aromatic heterocycles. The van der Waals surface area contributed by atoms with Crippen molar-refractivity contribution >= 4 is 33.2 Å². The third kappa shape index (κ3) is 1.56. The van der Waals surface area contributed by atoms with E-state index in [2.05, 4.69) is 15.9 Å². The van der Waals surface area contributed by atoms with E-state index in [1.807, 2.05) is 0 Å². The Morgan fingerprint density at radius 1 is 1.00 bits per heavy atom. The number of anilines is 1. The van der Waals surface area contributed by atoms with Crippen LogP contribution in [0.1, 0.15) is 37.4 Å². The summed E-state index contributed by atoms with van der Waals surface area (Å²) in [6.45, 7) is 1.76. The lowest BCUT2D eigenvalue weighted by atomic mass is 9.82. The molecule has 19 heavy (non-hydrogen) atoms. The first-order chi connectivity index (χ1) is 9.02. The zero-order chi connectivity index (χ0) is 13.7. The summed E-state index contributed by atoms with van der Waals surface area (Å²) in [5.41, 5.74) is 8.76. The van der Waals surface area contributed by atoms with E-state index in [4.69, 9.17) is 5.73 Å². The molecular weight excluding hydrogens is 306 g/mol. The molecule has 2 N–H and O–H groups in total. The molecule has 0 amide bonds. The van der Waals surface area contributed by atoms with Gasteiger partial charge in [-0.3, -0.25) is 9.59 Å². The number of rotatable bonds is 0. The van der Waals surface area contributed by atoms with Gasteiger partial charge in [-0.15, -0.1) is 0 Å². The van der Waals surface area contributed by atoms with Crippen LogP contribution in [0.15, 0.2) is 34.8 Å². The normalized spacial score (nSPS) is 13.2. The van der Waals surface area contributed by atoms with E-state index in [0.717, 1.165) is 0 Å². The van der Waals surface area contributed by atoms with Gasteiger partial charge in [0.1, 0.15) is 0 Å². The van der Waals surface area contributed by atoms with Gasteiger partial charge in [0.15, 0.2) is 11.6 Å². The number of nitrogen functional groups attached to an aromatic ring is 1. The van der Waals surface area contributed by atoms with Crippen LogP contribution in [0.3, 0.4) is 0 Å². The zero-order valence-electron chi connectivity index (χ0n) is 10.2. The molecule has 94 valence electrons. The van der Waals surface area contributed by atoms with Crippen molar-refractivity contribution in [3.05, 3.63) is 62.6 Å². The van der Waals surface area contributed by atoms with Gasteiger partial charge in [0.2, 0.25) is 0 Å². The number of halogens is 1. The van der Waals surface area contributed by atoms with E-state index in [-0.39, 0.29) is 11.6 Å². The fourth-order valence-electron chi connectivity index (χ4n) is 2.42. The Balaban J connectivity index is 2.43. The molecule has 1 aliphatic carbocycles. The van der Waals surface area contributed by atoms with Gasteiger partial charge in [0.25, 0.3) is 0 Å². The predicted octanol–water partition coefficient (Wildman–Crippen LogP) is 3.12. The van der Waals surface area contributed by atoms with Gasteiger partial charge in [-0.1, -0.05) is 24.3 Å². The van der Waals surface area contributed by atoms with Gasteiger partial charge in [-0.2, -0.15) is 0 Å². The highest BCUT2D eigenvalue weighted by atomic mass is 79.9. The third-order valence-corrected chi connectivity index (χ3v) is 4.07. The van der Waals surface area contributed by atoms with Crippen LogP contribution >= 0.6 is 15.9 Å². The van der Waals surface area contributed by atoms with E-state index in [0.29, 0.717) is 38.0 Å². The molecule has 0 atom stereocenters. The van der Waals surface area contributed by atoms with E-state index < -0.39 is 0 Å². The molecule has 0 saturated heterocycles. The third-order valence-electron chi connectivity index (χ3n) is 3.45. The lowest BCUT2D eigenvalue weighted by Crippen LogP contribution is -2.23. The maximum atomic E-state index is 12.6. The fourth-order valence-corrected chi connectivity index (χ4v) is 3.05. The Kier molecular flexibility index (Phi) is 2.57. The first-order valence-electron chi connectivity index (χ1n) is 5.79. The maximum absolute atomic E-state index is 12.6. The lowest BCUT2D eigenvalue weighted by Gasteiger charge is -2.21. The van der Waals surface area contributed by atoms with Crippen LogP contribution in [-0.4, -0.2) is 11.6 Å². The Labute approximate surface area is 118 Å². The molecule has 0 heterocycles. The number of ketones is 2. The van der Waals surface area contributed by atoms with Crippen molar-refractivity contribution in [2.24, 2.45) is 0 Å². The molecule has 3 rings (SSSR count). The Morgan fingerprint density at radius 2 is 1.53 bits per heavy atom. The average Bonchev–Trinajstić information content (AvgIpc) is 2.40. The minimum Gasteiger partial charge on any atom is -0.398 e. The SMILES string of the molecule is Cc1c(N)cc(Br)c2c1C(=O)c1ccccc1C2=O. The van der Waals surface area contributed by atoms with Crippen molar-refractivity contribution in [3.8, 4) is 0 Å². The van der Waals surface area contributed by atoms with Crippen LogP contribution in [0, 0.1) is 6.92 Å². The summed E-state index contributed by atoms with van der Waals surface area (Å²) in [6, 6.07) is 8.54. The van der Waals surface area contributed by atoms with Gasteiger partial charge >= 0.3 is 0 Å². The average molecular weight is 316 g/mol. The second-order valence-corrected chi connectivity index (χ2v) is 5.38. The minimum atomic E-state index is -0.143. The topological polar surface area (TPSA) is 60.2 Å². The van der Waals surface area contributed by atoms with Crippen molar-refractivity contribution in [1.82, 2.24) is 0 Å². The summed E-state index contributed by atoms with van der Waals surface area (Å²) in [6.07, 6.45) is 0. The lowest BCUT2D eigenvalue weighted by molar-refractivity contribution is 0.0978. The number of fused-ring (bicyclic) bond motifs is 2. The predicted molar refractivity (Wildman–Crippen MR) is 76.6 cm³/mol. The Morgan fingerprint density at radius 3 is 2.11 bits per heavy atom.